The molecule has 6 heavy (non-hydrogen) atoms. The minimum atomic E-state index is -0.644. The molecule has 0 aliphatic carbocycles. The molecule has 0 amide bonds. The molecule has 0 saturated heterocycles. The average molecular weight is 133 g/mol. The lowest BCUT2D eigenvalue weighted by molar-refractivity contribution is 0.820. The summed E-state index contributed by atoms with van der Waals surface area (Å²) in [7, 11) is 0. The van der Waals surface area contributed by atoms with Crippen LogP contribution in [0.1, 0.15) is 0 Å². The summed E-state index contributed by atoms with van der Waals surface area (Å²) in [6.07, 6.45) is 0. The smallest absolute Gasteiger partial charge is 0.170 e. The van der Waals surface area contributed by atoms with Crippen molar-refractivity contribution in [3.8, 4) is 0 Å². The predicted octanol–water partition coefficient (Wildman–Crippen LogP) is -0.614. The van der Waals surface area contributed by atoms with E-state index in [2.05, 4.69) is 11.3 Å². The van der Waals surface area contributed by atoms with Crippen LogP contribution >= 0.6 is 23.2 Å². The van der Waals surface area contributed by atoms with Crippen LogP contribution in [0, 0.1) is 0 Å². The number of alkyl halides is 2. The summed E-state index contributed by atoms with van der Waals surface area (Å²) in [5.74, 6) is 4.66. The fourth-order valence-electron chi connectivity index (χ4n) is 0. The number of hydrazine groups is 1. The summed E-state index contributed by atoms with van der Waals surface area (Å²) < 4.78 is 0. The molecule has 5 N–H and O–H groups in total. The minimum Gasteiger partial charge on any atom is -0.412 e. The highest BCUT2D eigenvalue weighted by atomic mass is 35.5. The summed E-state index contributed by atoms with van der Waals surface area (Å²) in [5, 5.41) is 0. The normalized spacial score (nSPS) is 8.00. The molecule has 0 aromatic heterocycles. The van der Waals surface area contributed by atoms with Crippen LogP contribution in [0.25, 0.3) is 0 Å². The van der Waals surface area contributed by atoms with Crippen LogP contribution in [0.15, 0.2) is 0 Å². The highest BCUT2D eigenvalue weighted by Crippen LogP contribution is 1.90. The second-order valence-corrected chi connectivity index (χ2v) is 1.56. The van der Waals surface area contributed by atoms with Crippen molar-refractivity contribution in [2.24, 2.45) is 5.84 Å². The first kappa shape index (κ1) is 9.68. The van der Waals surface area contributed by atoms with Gasteiger partial charge in [0.15, 0.2) is 4.96 Å². The maximum atomic E-state index is 4.99. The zero-order valence-electron chi connectivity index (χ0n) is 2.91. The van der Waals surface area contributed by atoms with E-state index in [0.717, 1.165) is 0 Å². The van der Waals surface area contributed by atoms with E-state index in [0.29, 0.717) is 0 Å². The molecule has 0 spiro atoms. The number of nitrogens with one attached hydrogen (secondary N) is 1. The Morgan fingerprint density at radius 2 is 1.67 bits per heavy atom. The monoisotopic (exact) mass is 132 g/mol. The molecule has 40 valence electrons. The maximum absolute atomic E-state index is 4.99. The SMILES string of the molecule is NNC(Cl)Cl.O. The topological polar surface area (TPSA) is 69.5 Å². The van der Waals surface area contributed by atoms with E-state index in [1.807, 2.05) is 0 Å². The number of hydrogen-bond acceptors (Lipinski definition) is 2. The van der Waals surface area contributed by atoms with Gasteiger partial charge in [-0.2, -0.15) is 0 Å². The summed E-state index contributed by atoms with van der Waals surface area (Å²) in [5.41, 5.74) is 2.06. The molecule has 0 fully saturated rings. The lowest BCUT2D eigenvalue weighted by Gasteiger charge is -1.89. The largest absolute Gasteiger partial charge is 0.412 e. The molecular weight excluding hydrogens is 127 g/mol. The lowest BCUT2D eigenvalue weighted by Crippen LogP contribution is -2.25. The highest BCUT2D eigenvalue weighted by Gasteiger charge is 1.84. The molecule has 0 aromatic carbocycles. The van der Waals surface area contributed by atoms with Gasteiger partial charge < -0.3 is 5.48 Å². The molecule has 0 bridgehead atoms. The van der Waals surface area contributed by atoms with Gasteiger partial charge in [0.1, 0.15) is 0 Å². The Morgan fingerprint density at radius 1 is 1.50 bits per heavy atom. The zero-order valence-corrected chi connectivity index (χ0v) is 4.42. The minimum absolute atomic E-state index is 0. The summed E-state index contributed by atoms with van der Waals surface area (Å²) in [4.78, 5) is -0.644. The molecule has 0 radical (unpaired) electrons. The summed E-state index contributed by atoms with van der Waals surface area (Å²) >= 11 is 9.98. The van der Waals surface area contributed by atoms with E-state index in [1.54, 1.807) is 0 Å². The Balaban J connectivity index is 0. The molecule has 3 nitrogen and oxygen atoms in total. The van der Waals surface area contributed by atoms with Gasteiger partial charge in [-0.1, -0.05) is 23.2 Å². The summed E-state index contributed by atoms with van der Waals surface area (Å²) in [6.45, 7) is 0. The third-order valence-corrected chi connectivity index (χ3v) is 0.378. The van der Waals surface area contributed by atoms with Crippen LogP contribution in [-0.4, -0.2) is 10.4 Å². The van der Waals surface area contributed by atoms with Crippen molar-refractivity contribution in [1.29, 1.82) is 0 Å². The Labute approximate surface area is 45.7 Å². The van der Waals surface area contributed by atoms with Crippen LogP contribution in [0.2, 0.25) is 0 Å². The second kappa shape index (κ2) is 5.46. The van der Waals surface area contributed by atoms with Crippen molar-refractivity contribution < 1.29 is 5.48 Å². The fraction of sp³-hybridized carbons (Fsp3) is 1.00. The van der Waals surface area contributed by atoms with Gasteiger partial charge in [0.25, 0.3) is 0 Å². The Morgan fingerprint density at radius 3 is 1.67 bits per heavy atom. The van der Waals surface area contributed by atoms with Gasteiger partial charge >= 0.3 is 0 Å². The van der Waals surface area contributed by atoms with Crippen LogP contribution < -0.4 is 11.3 Å². The van der Waals surface area contributed by atoms with Crippen LogP contribution in [-0.2, 0) is 0 Å². The Kier molecular flexibility index (Phi) is 8.81. The quantitative estimate of drug-likeness (QED) is 0.216. The van der Waals surface area contributed by atoms with E-state index in [4.69, 9.17) is 23.2 Å². The average Bonchev–Trinajstić information content (AvgIpc) is 1.38. The fourth-order valence-corrected chi connectivity index (χ4v) is 0. The number of hydrogen-bond donors (Lipinski definition) is 2. The Bertz CT molecular complexity index is 25.5. The molecule has 0 heterocycles. The standard InChI is InChI=1S/CH4Cl2N2.H2O/c2-1(3)5-4;/h1,5H,4H2;1H2. The molecule has 0 unspecified atom stereocenters. The first-order chi connectivity index (χ1) is 2.27. The first-order valence-electron chi connectivity index (χ1n) is 1.01. The zero-order chi connectivity index (χ0) is 4.28. The van der Waals surface area contributed by atoms with Crippen molar-refractivity contribution in [3.63, 3.8) is 0 Å². The summed E-state index contributed by atoms with van der Waals surface area (Å²) in [6, 6.07) is 0. The second-order valence-electron chi connectivity index (χ2n) is 0.467. The van der Waals surface area contributed by atoms with Crippen molar-refractivity contribution >= 4 is 23.2 Å². The van der Waals surface area contributed by atoms with Gasteiger partial charge in [-0.3, -0.25) is 5.84 Å². The molecule has 0 saturated carbocycles. The van der Waals surface area contributed by atoms with Gasteiger partial charge in [0.2, 0.25) is 0 Å². The third-order valence-electron chi connectivity index (χ3n) is 0.126. The predicted molar refractivity (Wildman–Crippen MR) is 26.4 cm³/mol. The van der Waals surface area contributed by atoms with Gasteiger partial charge in [0.05, 0.1) is 0 Å². The van der Waals surface area contributed by atoms with Gasteiger partial charge in [-0.05, 0) is 0 Å². The number of rotatable bonds is 1. The van der Waals surface area contributed by atoms with E-state index >= 15 is 0 Å². The van der Waals surface area contributed by atoms with E-state index in [1.165, 1.54) is 0 Å². The van der Waals surface area contributed by atoms with Gasteiger partial charge in [0, 0.05) is 0 Å². The lowest BCUT2D eigenvalue weighted by atomic mass is 11.5. The van der Waals surface area contributed by atoms with Gasteiger partial charge in [-0.15, -0.1) is 0 Å². The molecule has 0 rings (SSSR count). The van der Waals surface area contributed by atoms with Crippen molar-refractivity contribution in [3.05, 3.63) is 0 Å². The molecular formula is CH6Cl2N2O. The van der Waals surface area contributed by atoms with Crippen LogP contribution in [0.5, 0.6) is 0 Å². The molecule has 0 atom stereocenters. The van der Waals surface area contributed by atoms with Crippen molar-refractivity contribution in [2.75, 3.05) is 0 Å². The first-order valence-corrected chi connectivity index (χ1v) is 1.89. The highest BCUT2D eigenvalue weighted by molar-refractivity contribution is 6.43. The van der Waals surface area contributed by atoms with E-state index < -0.39 is 4.96 Å². The maximum Gasteiger partial charge on any atom is 0.170 e. The van der Waals surface area contributed by atoms with Crippen molar-refractivity contribution in [1.82, 2.24) is 5.43 Å². The number of halogens is 2. The van der Waals surface area contributed by atoms with E-state index in [-0.39, 0.29) is 5.48 Å². The van der Waals surface area contributed by atoms with Crippen molar-refractivity contribution in [2.45, 2.75) is 4.96 Å². The molecule has 0 aliphatic rings. The van der Waals surface area contributed by atoms with Gasteiger partial charge in [-0.25, -0.2) is 5.43 Å². The van der Waals surface area contributed by atoms with Crippen LogP contribution in [0.4, 0.5) is 0 Å². The van der Waals surface area contributed by atoms with Crippen LogP contribution in [0.3, 0.4) is 0 Å². The molecule has 0 aliphatic heterocycles. The molecule has 5 heteroatoms. The van der Waals surface area contributed by atoms with E-state index in [9.17, 15) is 0 Å². The third kappa shape index (κ3) is 8.82. The molecule has 0 aromatic rings. The Hall–Kier alpha value is 0.460. The number of nitrogens with two attached hydrogens (primary N) is 1.